The van der Waals surface area contributed by atoms with E-state index < -0.39 is 11.9 Å². The zero-order valence-electron chi connectivity index (χ0n) is 15.9. The quantitative estimate of drug-likeness (QED) is 0.421. The van der Waals surface area contributed by atoms with Crippen LogP contribution in [0.5, 0.6) is 0 Å². The number of benzene rings is 1. The van der Waals surface area contributed by atoms with Gasteiger partial charge in [-0.25, -0.2) is 9.59 Å². The SMILES string of the molecule is CCCC(CC)OC(=O)c1cc(Cl)c(Cl)cc1C(=O)OC(CC)CCC. The first kappa shape index (κ1) is 22.8. The van der Waals surface area contributed by atoms with Crippen molar-refractivity contribution < 1.29 is 19.1 Å². The predicted octanol–water partition coefficient (Wildman–Crippen LogP) is 6.46. The van der Waals surface area contributed by atoms with E-state index in [2.05, 4.69) is 0 Å². The maximum absolute atomic E-state index is 12.6. The number of carbonyl (C=O) groups excluding carboxylic acids is 2. The lowest BCUT2D eigenvalue weighted by molar-refractivity contribution is 0.0223. The molecule has 0 saturated carbocycles. The van der Waals surface area contributed by atoms with Crippen molar-refractivity contribution in [2.75, 3.05) is 0 Å². The molecule has 2 atom stereocenters. The van der Waals surface area contributed by atoms with Crippen molar-refractivity contribution >= 4 is 35.1 Å². The van der Waals surface area contributed by atoms with E-state index >= 15 is 0 Å². The van der Waals surface area contributed by atoms with Crippen LogP contribution in [-0.2, 0) is 9.47 Å². The first-order chi connectivity index (χ1) is 12.4. The average molecular weight is 403 g/mol. The first-order valence-corrected chi connectivity index (χ1v) is 10.0. The Kier molecular flexibility index (Phi) is 10.0. The van der Waals surface area contributed by atoms with Crippen LogP contribution in [0, 0.1) is 0 Å². The Balaban J connectivity index is 3.13. The second-order valence-electron chi connectivity index (χ2n) is 6.26. The molecule has 0 heterocycles. The highest BCUT2D eigenvalue weighted by atomic mass is 35.5. The van der Waals surface area contributed by atoms with Crippen LogP contribution in [0.4, 0.5) is 0 Å². The van der Waals surface area contributed by atoms with E-state index in [4.69, 9.17) is 32.7 Å². The summed E-state index contributed by atoms with van der Waals surface area (Å²) in [5.41, 5.74) is 0.176. The van der Waals surface area contributed by atoms with Crippen LogP contribution in [-0.4, -0.2) is 24.1 Å². The van der Waals surface area contributed by atoms with Crippen LogP contribution in [0.1, 0.15) is 86.9 Å². The fourth-order valence-corrected chi connectivity index (χ4v) is 2.98. The topological polar surface area (TPSA) is 52.6 Å². The minimum Gasteiger partial charge on any atom is -0.459 e. The lowest BCUT2D eigenvalue weighted by atomic mass is 10.1. The highest BCUT2D eigenvalue weighted by Gasteiger charge is 2.25. The molecule has 1 aromatic carbocycles. The molecule has 26 heavy (non-hydrogen) atoms. The lowest BCUT2D eigenvalue weighted by Crippen LogP contribution is -2.22. The third-order valence-corrected chi connectivity index (χ3v) is 4.90. The first-order valence-electron chi connectivity index (χ1n) is 9.28. The molecule has 0 N–H and O–H groups in total. The van der Waals surface area contributed by atoms with Crippen LogP contribution in [0.25, 0.3) is 0 Å². The zero-order valence-corrected chi connectivity index (χ0v) is 17.5. The average Bonchev–Trinajstić information content (AvgIpc) is 2.62. The van der Waals surface area contributed by atoms with Gasteiger partial charge < -0.3 is 9.47 Å². The Hall–Kier alpha value is -1.26. The zero-order chi connectivity index (χ0) is 19.7. The smallest absolute Gasteiger partial charge is 0.339 e. The third kappa shape index (κ3) is 6.48. The molecule has 0 aliphatic carbocycles. The van der Waals surface area contributed by atoms with Gasteiger partial charge in [0.05, 0.1) is 21.2 Å². The third-order valence-electron chi connectivity index (χ3n) is 4.18. The molecule has 0 fully saturated rings. The highest BCUT2D eigenvalue weighted by molar-refractivity contribution is 6.42. The van der Waals surface area contributed by atoms with E-state index in [1.54, 1.807) is 0 Å². The molecule has 0 saturated heterocycles. The van der Waals surface area contributed by atoms with Crippen LogP contribution in [0.2, 0.25) is 10.0 Å². The van der Waals surface area contributed by atoms with Crippen LogP contribution >= 0.6 is 23.2 Å². The van der Waals surface area contributed by atoms with Crippen LogP contribution < -0.4 is 0 Å². The molecular weight excluding hydrogens is 375 g/mol. The maximum atomic E-state index is 12.6. The number of hydrogen-bond donors (Lipinski definition) is 0. The van der Waals surface area contributed by atoms with Gasteiger partial charge in [-0.1, -0.05) is 63.7 Å². The second-order valence-corrected chi connectivity index (χ2v) is 7.07. The summed E-state index contributed by atoms with van der Waals surface area (Å²) >= 11 is 12.1. The molecular formula is C20H28Cl2O4. The monoisotopic (exact) mass is 402 g/mol. The summed E-state index contributed by atoms with van der Waals surface area (Å²) in [5, 5.41) is 0.388. The van der Waals surface area contributed by atoms with E-state index in [0.29, 0.717) is 12.8 Å². The summed E-state index contributed by atoms with van der Waals surface area (Å²) in [4.78, 5) is 25.3. The number of hydrogen-bond acceptors (Lipinski definition) is 4. The number of ether oxygens (including phenoxy) is 2. The summed E-state index contributed by atoms with van der Waals surface area (Å²) in [5.74, 6) is -1.17. The molecule has 146 valence electrons. The van der Waals surface area contributed by atoms with Crippen molar-refractivity contribution in [1.29, 1.82) is 0 Å². The fraction of sp³-hybridized carbons (Fsp3) is 0.600. The minimum atomic E-state index is -0.584. The Morgan fingerprint density at radius 1 is 0.808 bits per heavy atom. The number of halogens is 2. The van der Waals surface area contributed by atoms with Gasteiger partial charge in [0.15, 0.2) is 0 Å². The molecule has 0 aliphatic rings. The van der Waals surface area contributed by atoms with Crippen molar-refractivity contribution in [3.05, 3.63) is 33.3 Å². The van der Waals surface area contributed by atoms with Crippen molar-refractivity contribution in [2.24, 2.45) is 0 Å². The number of rotatable bonds is 10. The van der Waals surface area contributed by atoms with Crippen molar-refractivity contribution in [2.45, 2.75) is 78.4 Å². The summed E-state index contributed by atoms with van der Waals surface area (Å²) in [6, 6.07) is 2.75. The van der Waals surface area contributed by atoms with Crippen molar-refractivity contribution in [3.8, 4) is 0 Å². The van der Waals surface area contributed by atoms with Gasteiger partial charge >= 0.3 is 11.9 Å². The van der Waals surface area contributed by atoms with Gasteiger partial charge in [-0.3, -0.25) is 0 Å². The van der Waals surface area contributed by atoms with E-state index in [9.17, 15) is 9.59 Å². The second kappa shape index (κ2) is 11.5. The Morgan fingerprint density at radius 3 is 1.42 bits per heavy atom. The number of esters is 2. The van der Waals surface area contributed by atoms with E-state index in [0.717, 1.165) is 25.7 Å². The standard InChI is InChI=1S/C20H28Cl2O4/c1-5-9-13(7-3)25-19(23)15-11-17(21)18(22)12-16(15)20(24)26-14(8-4)10-6-2/h11-14H,5-10H2,1-4H3. The van der Waals surface area contributed by atoms with Gasteiger partial charge in [0.2, 0.25) is 0 Å². The molecule has 4 nitrogen and oxygen atoms in total. The lowest BCUT2D eigenvalue weighted by Gasteiger charge is -2.19. The highest BCUT2D eigenvalue weighted by Crippen LogP contribution is 2.28. The molecule has 0 radical (unpaired) electrons. The van der Waals surface area contributed by atoms with Gasteiger partial charge in [0.25, 0.3) is 0 Å². The van der Waals surface area contributed by atoms with E-state index in [-0.39, 0.29) is 33.4 Å². The summed E-state index contributed by atoms with van der Waals surface area (Å²) in [6.07, 6.45) is 4.33. The Morgan fingerprint density at radius 2 is 1.15 bits per heavy atom. The molecule has 0 amide bonds. The summed E-state index contributed by atoms with van der Waals surface area (Å²) in [7, 11) is 0. The van der Waals surface area contributed by atoms with Crippen molar-refractivity contribution in [3.63, 3.8) is 0 Å². The molecule has 0 aromatic heterocycles. The number of carbonyl (C=O) groups is 2. The largest absolute Gasteiger partial charge is 0.459 e. The molecule has 2 unspecified atom stereocenters. The van der Waals surface area contributed by atoms with Crippen LogP contribution in [0.3, 0.4) is 0 Å². The normalized spacial score (nSPS) is 13.2. The molecule has 0 bridgehead atoms. The van der Waals surface area contributed by atoms with E-state index in [1.807, 2.05) is 27.7 Å². The van der Waals surface area contributed by atoms with Gasteiger partial charge in [-0.05, 0) is 37.8 Å². The molecule has 1 rings (SSSR count). The van der Waals surface area contributed by atoms with Crippen molar-refractivity contribution in [1.82, 2.24) is 0 Å². The Bertz CT molecular complexity index is 563. The van der Waals surface area contributed by atoms with Gasteiger partial charge in [-0.2, -0.15) is 0 Å². The summed E-state index contributed by atoms with van der Waals surface area (Å²) < 4.78 is 11.1. The molecule has 0 aliphatic heterocycles. The molecule has 1 aromatic rings. The molecule has 0 spiro atoms. The van der Waals surface area contributed by atoms with Crippen LogP contribution in [0.15, 0.2) is 12.1 Å². The van der Waals surface area contributed by atoms with Gasteiger partial charge in [-0.15, -0.1) is 0 Å². The predicted molar refractivity (Wildman–Crippen MR) is 105 cm³/mol. The molecule has 6 heteroatoms. The summed E-state index contributed by atoms with van der Waals surface area (Å²) in [6.45, 7) is 7.95. The van der Waals surface area contributed by atoms with Gasteiger partial charge in [0, 0.05) is 0 Å². The van der Waals surface area contributed by atoms with Gasteiger partial charge in [0.1, 0.15) is 12.2 Å². The maximum Gasteiger partial charge on any atom is 0.339 e. The fourth-order valence-electron chi connectivity index (χ4n) is 2.65. The van der Waals surface area contributed by atoms with E-state index in [1.165, 1.54) is 12.1 Å². The Labute approximate surface area is 166 Å². The minimum absolute atomic E-state index is 0.0882.